The zero-order chi connectivity index (χ0) is 11.3. The largest absolute Gasteiger partial charge is 0.374 e. The van der Waals surface area contributed by atoms with Crippen LogP contribution in [-0.2, 0) is 4.79 Å². The van der Waals surface area contributed by atoms with E-state index in [1.54, 1.807) is 0 Å². The van der Waals surface area contributed by atoms with Gasteiger partial charge in [-0.1, -0.05) is 20.8 Å². The first-order chi connectivity index (χ1) is 6.82. The second-order valence-corrected chi connectivity index (χ2v) is 6.29. The van der Waals surface area contributed by atoms with Gasteiger partial charge in [-0.2, -0.15) is 0 Å². The minimum atomic E-state index is -0.631. The highest BCUT2D eigenvalue weighted by molar-refractivity contribution is 5.81. The fourth-order valence-electron chi connectivity index (χ4n) is 2.94. The van der Waals surface area contributed by atoms with Crippen LogP contribution < -0.4 is 5.32 Å². The van der Waals surface area contributed by atoms with Crippen molar-refractivity contribution in [2.24, 2.45) is 16.7 Å². The molecule has 2 aliphatic rings. The normalized spacial score (nSPS) is 34.0. The van der Waals surface area contributed by atoms with Gasteiger partial charge < -0.3 is 10.4 Å². The third kappa shape index (κ3) is 2.17. The van der Waals surface area contributed by atoms with Gasteiger partial charge in [0.15, 0.2) is 0 Å². The minimum Gasteiger partial charge on any atom is -0.374 e. The summed E-state index contributed by atoms with van der Waals surface area (Å²) in [4.78, 5) is 11.7. The molecule has 1 aliphatic heterocycles. The van der Waals surface area contributed by atoms with Crippen LogP contribution in [0.25, 0.3) is 0 Å². The van der Waals surface area contributed by atoms with Gasteiger partial charge in [-0.3, -0.25) is 4.79 Å². The summed E-state index contributed by atoms with van der Waals surface area (Å²) in [6, 6.07) is 0. The maximum atomic E-state index is 11.7. The molecule has 86 valence electrons. The molecule has 0 spiro atoms. The van der Waals surface area contributed by atoms with Crippen molar-refractivity contribution in [3.05, 3.63) is 0 Å². The van der Waals surface area contributed by atoms with Crippen molar-refractivity contribution in [2.75, 3.05) is 0 Å². The molecular formula is C12H21NO2. The molecule has 2 N–H and O–H groups in total. The maximum absolute atomic E-state index is 11.7. The molecule has 0 aromatic carbocycles. The summed E-state index contributed by atoms with van der Waals surface area (Å²) in [6.07, 6.45) is 3.60. The lowest BCUT2D eigenvalue weighted by Crippen LogP contribution is -2.33. The molecule has 2 unspecified atom stereocenters. The van der Waals surface area contributed by atoms with Gasteiger partial charge in [-0.25, -0.2) is 0 Å². The zero-order valence-corrected chi connectivity index (χ0v) is 9.84. The summed E-state index contributed by atoms with van der Waals surface area (Å²) < 4.78 is 0. The van der Waals surface area contributed by atoms with Crippen LogP contribution in [0, 0.1) is 16.7 Å². The minimum absolute atomic E-state index is 0.00676. The Kier molecular flexibility index (Phi) is 2.34. The highest BCUT2D eigenvalue weighted by atomic mass is 16.3. The second kappa shape index (κ2) is 3.21. The molecule has 0 aromatic rings. The Hall–Kier alpha value is -0.570. The Morgan fingerprint density at radius 3 is 2.53 bits per heavy atom. The van der Waals surface area contributed by atoms with Gasteiger partial charge >= 0.3 is 0 Å². The quantitative estimate of drug-likeness (QED) is 0.746. The van der Waals surface area contributed by atoms with Crippen LogP contribution in [0.15, 0.2) is 0 Å². The average molecular weight is 211 g/mol. The number of hydrogen-bond acceptors (Lipinski definition) is 2. The van der Waals surface area contributed by atoms with Crippen molar-refractivity contribution >= 4 is 5.91 Å². The van der Waals surface area contributed by atoms with Gasteiger partial charge in [-0.15, -0.1) is 0 Å². The standard InChI is InChI=1S/C12H21NO2/c1-11(2,7-12(3)4-5-12)8-6-9(14)13-10(8)15/h8-9,14H,4-7H2,1-3H3,(H,13,15). The monoisotopic (exact) mass is 211 g/mol. The topological polar surface area (TPSA) is 49.3 Å². The molecule has 0 aromatic heterocycles. The van der Waals surface area contributed by atoms with Crippen molar-refractivity contribution < 1.29 is 9.90 Å². The summed E-state index contributed by atoms with van der Waals surface area (Å²) in [7, 11) is 0. The maximum Gasteiger partial charge on any atom is 0.225 e. The van der Waals surface area contributed by atoms with E-state index in [2.05, 4.69) is 26.1 Å². The molecule has 0 radical (unpaired) electrons. The van der Waals surface area contributed by atoms with Crippen molar-refractivity contribution in [1.82, 2.24) is 5.32 Å². The van der Waals surface area contributed by atoms with Crippen LogP contribution in [-0.4, -0.2) is 17.2 Å². The number of nitrogens with one attached hydrogen (secondary N) is 1. The van der Waals surface area contributed by atoms with Crippen molar-refractivity contribution in [3.63, 3.8) is 0 Å². The lowest BCUT2D eigenvalue weighted by atomic mass is 9.71. The third-order valence-electron chi connectivity index (χ3n) is 4.01. The van der Waals surface area contributed by atoms with Crippen molar-refractivity contribution in [2.45, 2.75) is 52.7 Å². The van der Waals surface area contributed by atoms with E-state index in [4.69, 9.17) is 0 Å². The molecule has 1 saturated carbocycles. The Balaban J connectivity index is 2.04. The second-order valence-electron chi connectivity index (χ2n) is 6.29. The fraction of sp³-hybridized carbons (Fsp3) is 0.917. The SMILES string of the molecule is CC1(CC(C)(C)C2CC(O)NC2=O)CC1. The van der Waals surface area contributed by atoms with E-state index in [0.29, 0.717) is 11.8 Å². The van der Waals surface area contributed by atoms with Crippen LogP contribution in [0.1, 0.15) is 46.5 Å². The molecule has 1 aliphatic carbocycles. The summed E-state index contributed by atoms with van der Waals surface area (Å²) in [5.74, 6) is 0.00155. The summed E-state index contributed by atoms with van der Waals surface area (Å²) in [5, 5.41) is 12.0. The first kappa shape index (κ1) is 10.9. The number of aliphatic hydroxyl groups excluding tert-OH is 1. The predicted octanol–water partition coefficient (Wildman–Crippen LogP) is 1.66. The number of carbonyl (C=O) groups excluding carboxylic acids is 1. The van der Waals surface area contributed by atoms with Crippen LogP contribution in [0.4, 0.5) is 0 Å². The van der Waals surface area contributed by atoms with E-state index >= 15 is 0 Å². The fourth-order valence-corrected chi connectivity index (χ4v) is 2.94. The Labute approximate surface area is 91.2 Å². The van der Waals surface area contributed by atoms with Crippen LogP contribution in [0.2, 0.25) is 0 Å². The molecule has 2 rings (SSSR count). The third-order valence-corrected chi connectivity index (χ3v) is 4.01. The summed E-state index contributed by atoms with van der Waals surface area (Å²) in [6.45, 7) is 6.59. The number of aliphatic hydroxyl groups is 1. The van der Waals surface area contributed by atoms with Crippen LogP contribution in [0.5, 0.6) is 0 Å². The molecule has 0 bridgehead atoms. The Morgan fingerprint density at radius 2 is 2.13 bits per heavy atom. The molecule has 15 heavy (non-hydrogen) atoms. The lowest BCUT2D eigenvalue weighted by Gasteiger charge is -2.32. The smallest absolute Gasteiger partial charge is 0.225 e. The van der Waals surface area contributed by atoms with Crippen LogP contribution in [0.3, 0.4) is 0 Å². The molecule has 1 amide bonds. The van der Waals surface area contributed by atoms with Crippen molar-refractivity contribution in [3.8, 4) is 0 Å². The summed E-state index contributed by atoms with van der Waals surface area (Å²) >= 11 is 0. The van der Waals surface area contributed by atoms with E-state index in [1.165, 1.54) is 12.8 Å². The predicted molar refractivity (Wildman–Crippen MR) is 58.0 cm³/mol. The van der Waals surface area contributed by atoms with Crippen LogP contribution >= 0.6 is 0 Å². The molecular weight excluding hydrogens is 190 g/mol. The number of hydrogen-bond donors (Lipinski definition) is 2. The zero-order valence-electron chi connectivity index (χ0n) is 9.84. The van der Waals surface area contributed by atoms with Gasteiger partial charge in [-0.05, 0) is 30.1 Å². The Bertz CT molecular complexity index is 281. The number of rotatable bonds is 3. The van der Waals surface area contributed by atoms with E-state index in [-0.39, 0.29) is 17.2 Å². The molecule has 3 heteroatoms. The first-order valence-electron chi connectivity index (χ1n) is 5.81. The van der Waals surface area contributed by atoms with Crippen molar-refractivity contribution in [1.29, 1.82) is 0 Å². The van der Waals surface area contributed by atoms with Gasteiger partial charge in [0.25, 0.3) is 0 Å². The van der Waals surface area contributed by atoms with E-state index in [0.717, 1.165) is 6.42 Å². The van der Waals surface area contributed by atoms with Gasteiger partial charge in [0, 0.05) is 12.3 Å². The highest BCUT2D eigenvalue weighted by Gasteiger charge is 2.48. The molecule has 1 saturated heterocycles. The summed E-state index contributed by atoms with van der Waals surface area (Å²) in [5.41, 5.74) is 0.462. The molecule has 2 atom stereocenters. The Morgan fingerprint density at radius 1 is 1.53 bits per heavy atom. The molecule has 1 heterocycles. The average Bonchev–Trinajstić information content (AvgIpc) is 2.65. The van der Waals surface area contributed by atoms with E-state index in [9.17, 15) is 9.90 Å². The van der Waals surface area contributed by atoms with Gasteiger partial charge in [0.2, 0.25) is 5.91 Å². The van der Waals surface area contributed by atoms with Gasteiger partial charge in [0.1, 0.15) is 6.23 Å². The lowest BCUT2D eigenvalue weighted by molar-refractivity contribution is -0.126. The number of amides is 1. The van der Waals surface area contributed by atoms with E-state index < -0.39 is 6.23 Å². The molecule has 3 nitrogen and oxygen atoms in total. The highest BCUT2D eigenvalue weighted by Crippen LogP contribution is 2.55. The molecule has 2 fully saturated rings. The number of carbonyl (C=O) groups is 1. The van der Waals surface area contributed by atoms with E-state index in [1.807, 2.05) is 0 Å². The van der Waals surface area contributed by atoms with Gasteiger partial charge in [0.05, 0.1) is 0 Å². The first-order valence-corrected chi connectivity index (χ1v) is 5.81.